The Labute approximate surface area is 199 Å². The Kier molecular flexibility index (Phi) is 7.39. The van der Waals surface area contributed by atoms with Crippen LogP contribution in [0.5, 0.6) is 0 Å². The van der Waals surface area contributed by atoms with Crippen molar-refractivity contribution >= 4 is 51.9 Å². The van der Waals surface area contributed by atoms with Gasteiger partial charge < -0.3 is 10.1 Å². The second kappa shape index (κ2) is 10.4. The maximum absolute atomic E-state index is 12.5. The molecule has 0 bridgehead atoms. The topological polar surface area (TPSA) is 119 Å². The standard InChI is InChI=1S/C22H24N4O5S2/c1-31-20(30)14-8-6-13(7-9-14)12-32-22-25-24-21(33-22)23-17(27)10-11-26-18(28)15-4-2-3-5-16(15)19(26)29/h6-9,15-16H,2-5,10-12H2,1H3,(H,23,24,27). The first-order valence-corrected chi connectivity index (χ1v) is 12.5. The highest BCUT2D eigenvalue weighted by Gasteiger charge is 2.47. The largest absolute Gasteiger partial charge is 0.465 e. The number of carbonyl (C=O) groups excluding carboxylic acids is 4. The summed E-state index contributed by atoms with van der Waals surface area (Å²) in [5.41, 5.74) is 1.50. The molecule has 2 fully saturated rings. The van der Waals surface area contributed by atoms with Crippen molar-refractivity contribution in [2.24, 2.45) is 11.8 Å². The summed E-state index contributed by atoms with van der Waals surface area (Å²) in [6.45, 7) is 0.0957. The van der Waals surface area contributed by atoms with Crippen molar-refractivity contribution in [1.29, 1.82) is 0 Å². The first kappa shape index (κ1) is 23.4. The Morgan fingerprint density at radius 1 is 1.12 bits per heavy atom. The molecule has 174 valence electrons. The van der Waals surface area contributed by atoms with Gasteiger partial charge in [0.05, 0.1) is 24.5 Å². The van der Waals surface area contributed by atoms with E-state index in [1.165, 1.54) is 35.1 Å². The highest BCUT2D eigenvalue weighted by Crippen LogP contribution is 2.38. The van der Waals surface area contributed by atoms with Crippen molar-refractivity contribution < 1.29 is 23.9 Å². The van der Waals surface area contributed by atoms with Crippen LogP contribution in [0, 0.1) is 11.8 Å². The van der Waals surface area contributed by atoms with Crippen LogP contribution >= 0.6 is 23.1 Å². The first-order chi connectivity index (χ1) is 16.0. The molecule has 1 aromatic carbocycles. The van der Waals surface area contributed by atoms with E-state index in [4.69, 9.17) is 0 Å². The van der Waals surface area contributed by atoms with E-state index in [9.17, 15) is 19.2 Å². The van der Waals surface area contributed by atoms with Gasteiger partial charge in [-0.3, -0.25) is 19.3 Å². The molecule has 1 saturated carbocycles. The molecular weight excluding hydrogens is 464 g/mol. The number of imide groups is 1. The molecule has 1 aliphatic heterocycles. The van der Waals surface area contributed by atoms with Crippen LogP contribution in [0.25, 0.3) is 0 Å². The number of nitrogens with zero attached hydrogens (tertiary/aromatic N) is 3. The van der Waals surface area contributed by atoms with Gasteiger partial charge in [0.15, 0.2) is 4.34 Å². The Morgan fingerprint density at radius 2 is 1.79 bits per heavy atom. The average Bonchev–Trinajstić information content (AvgIpc) is 3.38. The molecule has 0 radical (unpaired) electrons. The molecule has 1 aliphatic carbocycles. The number of rotatable bonds is 8. The molecule has 2 aliphatic rings. The average molecular weight is 489 g/mol. The molecular formula is C22H24N4O5S2. The second-order valence-corrected chi connectivity index (χ2v) is 10.2. The molecule has 2 unspecified atom stereocenters. The maximum Gasteiger partial charge on any atom is 0.337 e. The molecule has 1 N–H and O–H groups in total. The molecule has 2 heterocycles. The van der Waals surface area contributed by atoms with Crippen LogP contribution in [-0.4, -0.2) is 52.4 Å². The molecule has 9 nitrogen and oxygen atoms in total. The summed E-state index contributed by atoms with van der Waals surface area (Å²) in [5, 5.41) is 11.1. The molecule has 0 spiro atoms. The zero-order chi connectivity index (χ0) is 23.4. The van der Waals surface area contributed by atoms with Gasteiger partial charge in [-0.05, 0) is 30.5 Å². The molecule has 2 aromatic rings. The van der Waals surface area contributed by atoms with Crippen molar-refractivity contribution in [1.82, 2.24) is 15.1 Å². The summed E-state index contributed by atoms with van der Waals surface area (Å²) in [5.74, 6) is -0.723. The van der Waals surface area contributed by atoms with E-state index in [0.29, 0.717) is 20.8 Å². The van der Waals surface area contributed by atoms with Crippen molar-refractivity contribution in [3.05, 3.63) is 35.4 Å². The number of fused-ring (bicyclic) bond motifs is 1. The first-order valence-electron chi connectivity index (χ1n) is 10.7. The number of hydrogen-bond acceptors (Lipinski definition) is 9. The van der Waals surface area contributed by atoms with Gasteiger partial charge in [0.1, 0.15) is 0 Å². The van der Waals surface area contributed by atoms with Crippen LogP contribution in [0.4, 0.5) is 5.13 Å². The Morgan fingerprint density at radius 3 is 2.42 bits per heavy atom. The van der Waals surface area contributed by atoms with Crippen molar-refractivity contribution in [2.75, 3.05) is 19.0 Å². The molecule has 2 atom stereocenters. The van der Waals surface area contributed by atoms with E-state index in [2.05, 4.69) is 20.3 Å². The highest BCUT2D eigenvalue weighted by atomic mass is 32.2. The fraction of sp³-hybridized carbons (Fsp3) is 0.455. The summed E-state index contributed by atoms with van der Waals surface area (Å²) >= 11 is 2.72. The van der Waals surface area contributed by atoms with E-state index in [1.807, 2.05) is 12.1 Å². The smallest absolute Gasteiger partial charge is 0.337 e. The molecule has 4 rings (SSSR count). The van der Waals surface area contributed by atoms with E-state index < -0.39 is 0 Å². The Balaban J connectivity index is 1.24. The summed E-state index contributed by atoms with van der Waals surface area (Å²) in [7, 11) is 1.34. The van der Waals surface area contributed by atoms with E-state index in [0.717, 1.165) is 31.2 Å². The summed E-state index contributed by atoms with van der Waals surface area (Å²) < 4.78 is 5.38. The minimum Gasteiger partial charge on any atom is -0.465 e. The summed E-state index contributed by atoms with van der Waals surface area (Å²) in [4.78, 5) is 50.1. The van der Waals surface area contributed by atoms with Crippen molar-refractivity contribution in [3.8, 4) is 0 Å². The van der Waals surface area contributed by atoms with E-state index in [-0.39, 0.29) is 48.5 Å². The quantitative estimate of drug-likeness (QED) is 0.261. The summed E-state index contributed by atoms with van der Waals surface area (Å²) in [6.07, 6.45) is 3.51. The van der Waals surface area contributed by atoms with Crippen LogP contribution in [0.1, 0.15) is 48.0 Å². The Bertz CT molecular complexity index is 1030. The predicted octanol–water partition coefficient (Wildman–Crippen LogP) is 3.12. The fourth-order valence-corrected chi connectivity index (χ4v) is 5.89. The number of likely N-dealkylation sites (tertiary alicyclic amines) is 1. The normalized spacial score (nSPS) is 20.0. The van der Waals surface area contributed by atoms with Crippen LogP contribution < -0.4 is 5.32 Å². The number of methoxy groups -OCH3 is 1. The number of esters is 1. The van der Waals surface area contributed by atoms with Crippen LogP contribution in [0.15, 0.2) is 28.6 Å². The van der Waals surface area contributed by atoms with Gasteiger partial charge >= 0.3 is 5.97 Å². The SMILES string of the molecule is COC(=O)c1ccc(CSc2nnc(NC(=O)CCN3C(=O)C4CCCCC4C3=O)s2)cc1. The van der Waals surface area contributed by atoms with Gasteiger partial charge in [-0.15, -0.1) is 10.2 Å². The van der Waals surface area contributed by atoms with E-state index >= 15 is 0 Å². The number of carbonyl (C=O) groups is 4. The third-order valence-corrected chi connectivity index (χ3v) is 7.93. The monoisotopic (exact) mass is 488 g/mol. The third-order valence-electron chi connectivity index (χ3n) is 5.89. The predicted molar refractivity (Wildman–Crippen MR) is 123 cm³/mol. The Hall–Kier alpha value is -2.79. The fourth-order valence-electron chi connectivity index (χ4n) is 4.17. The lowest BCUT2D eigenvalue weighted by atomic mass is 9.81. The molecule has 33 heavy (non-hydrogen) atoms. The van der Waals surface area contributed by atoms with Crippen LogP contribution in [0.2, 0.25) is 0 Å². The van der Waals surface area contributed by atoms with Crippen molar-refractivity contribution in [3.63, 3.8) is 0 Å². The van der Waals surface area contributed by atoms with Gasteiger partial charge in [-0.2, -0.15) is 0 Å². The van der Waals surface area contributed by atoms with Gasteiger partial charge in [-0.1, -0.05) is 48.1 Å². The zero-order valence-electron chi connectivity index (χ0n) is 18.1. The van der Waals surface area contributed by atoms with E-state index in [1.54, 1.807) is 12.1 Å². The van der Waals surface area contributed by atoms with Gasteiger partial charge in [-0.25, -0.2) is 4.79 Å². The maximum atomic E-state index is 12.5. The van der Waals surface area contributed by atoms with Gasteiger partial charge in [0.2, 0.25) is 22.9 Å². The lowest BCUT2D eigenvalue weighted by molar-refractivity contribution is -0.140. The number of ether oxygens (including phenoxy) is 1. The highest BCUT2D eigenvalue weighted by molar-refractivity contribution is 8.00. The molecule has 3 amide bonds. The molecule has 11 heteroatoms. The van der Waals surface area contributed by atoms with Crippen LogP contribution in [0.3, 0.4) is 0 Å². The number of thioether (sulfide) groups is 1. The number of anilines is 1. The lowest BCUT2D eigenvalue weighted by Crippen LogP contribution is -2.34. The number of nitrogens with one attached hydrogen (secondary N) is 1. The summed E-state index contributed by atoms with van der Waals surface area (Å²) in [6, 6.07) is 7.11. The number of aromatic nitrogens is 2. The second-order valence-electron chi connectivity index (χ2n) is 7.97. The minimum absolute atomic E-state index is 0.0333. The van der Waals surface area contributed by atoms with Gasteiger partial charge in [0.25, 0.3) is 0 Å². The molecule has 1 aromatic heterocycles. The number of amides is 3. The third kappa shape index (κ3) is 5.41. The van der Waals surface area contributed by atoms with Crippen molar-refractivity contribution in [2.45, 2.75) is 42.2 Å². The molecule has 1 saturated heterocycles. The van der Waals surface area contributed by atoms with Gasteiger partial charge in [0, 0.05) is 18.7 Å². The number of benzene rings is 1. The zero-order valence-corrected chi connectivity index (χ0v) is 19.7. The lowest BCUT2D eigenvalue weighted by Gasteiger charge is -2.19. The number of hydrogen-bond donors (Lipinski definition) is 1. The van der Waals surface area contributed by atoms with Crippen LogP contribution in [-0.2, 0) is 24.9 Å². The minimum atomic E-state index is -0.379.